The molecule has 0 aliphatic carbocycles. The molecule has 1 atom stereocenters. The molecule has 5 heteroatoms. The van der Waals surface area contributed by atoms with Crippen LogP contribution in [0.15, 0.2) is 36.7 Å². The van der Waals surface area contributed by atoms with Crippen LogP contribution in [0.4, 0.5) is 0 Å². The van der Waals surface area contributed by atoms with E-state index in [0.717, 1.165) is 38.3 Å². The van der Waals surface area contributed by atoms with Gasteiger partial charge in [0.2, 0.25) is 0 Å². The summed E-state index contributed by atoms with van der Waals surface area (Å²) in [4.78, 5) is 22.0. The van der Waals surface area contributed by atoms with Gasteiger partial charge in [-0.3, -0.25) is 14.7 Å². The second-order valence-corrected chi connectivity index (χ2v) is 6.55. The Bertz CT molecular complexity index is 636. The largest absolute Gasteiger partial charge is 0.357 e. The highest BCUT2D eigenvalue weighted by Gasteiger charge is 2.21. The summed E-state index contributed by atoms with van der Waals surface area (Å²) in [6.07, 6.45) is 7.13. The molecule has 1 aliphatic rings. The van der Waals surface area contributed by atoms with E-state index in [1.807, 2.05) is 12.3 Å². The number of likely N-dealkylation sites (tertiary alicyclic amines) is 1. The third-order valence-corrected chi connectivity index (χ3v) is 4.68. The molecule has 2 aromatic heterocycles. The molecule has 0 spiro atoms. The standard InChI is InChI=1S/C19H26N4O/c1-2-15-7-8-17(21-11-15)14-23-10-4-5-16(13-23)12-22-19(24)18-6-3-9-20-18/h3,6-9,11,16,20H,2,4-5,10,12-14H2,1H3,(H,22,24)/t16-/m1/s1. The summed E-state index contributed by atoms with van der Waals surface area (Å²) in [6, 6.07) is 7.94. The zero-order valence-electron chi connectivity index (χ0n) is 14.3. The van der Waals surface area contributed by atoms with E-state index >= 15 is 0 Å². The number of pyridine rings is 1. The molecule has 0 aromatic carbocycles. The minimum absolute atomic E-state index is 0.0195. The van der Waals surface area contributed by atoms with Gasteiger partial charge in [0.15, 0.2) is 0 Å². The average molecular weight is 326 g/mol. The number of rotatable bonds is 6. The van der Waals surface area contributed by atoms with Crippen LogP contribution in [0.1, 0.15) is 41.5 Å². The van der Waals surface area contributed by atoms with Crippen molar-refractivity contribution in [2.24, 2.45) is 5.92 Å². The molecule has 24 heavy (non-hydrogen) atoms. The first-order valence-corrected chi connectivity index (χ1v) is 8.82. The first-order valence-electron chi connectivity index (χ1n) is 8.82. The van der Waals surface area contributed by atoms with Crippen LogP contribution in [-0.4, -0.2) is 40.4 Å². The number of hydrogen-bond acceptors (Lipinski definition) is 3. The lowest BCUT2D eigenvalue weighted by atomic mass is 9.97. The monoisotopic (exact) mass is 326 g/mol. The van der Waals surface area contributed by atoms with Crippen molar-refractivity contribution in [1.29, 1.82) is 0 Å². The Morgan fingerprint density at radius 1 is 1.42 bits per heavy atom. The van der Waals surface area contributed by atoms with Crippen molar-refractivity contribution in [3.05, 3.63) is 53.6 Å². The van der Waals surface area contributed by atoms with E-state index in [1.165, 1.54) is 18.4 Å². The highest BCUT2D eigenvalue weighted by Crippen LogP contribution is 2.18. The van der Waals surface area contributed by atoms with E-state index in [4.69, 9.17) is 0 Å². The van der Waals surface area contributed by atoms with Crippen LogP contribution in [0.3, 0.4) is 0 Å². The number of nitrogens with one attached hydrogen (secondary N) is 2. The summed E-state index contributed by atoms with van der Waals surface area (Å²) in [5.41, 5.74) is 3.04. The summed E-state index contributed by atoms with van der Waals surface area (Å²) in [6.45, 7) is 5.90. The molecule has 2 aromatic rings. The third-order valence-electron chi connectivity index (χ3n) is 4.68. The maximum absolute atomic E-state index is 12.0. The lowest BCUT2D eigenvalue weighted by Crippen LogP contribution is -2.40. The predicted octanol–water partition coefficient (Wildman–Crippen LogP) is 2.61. The van der Waals surface area contributed by atoms with E-state index in [1.54, 1.807) is 12.3 Å². The van der Waals surface area contributed by atoms with Gasteiger partial charge in [0.05, 0.1) is 5.69 Å². The molecular weight excluding hydrogens is 300 g/mol. The zero-order chi connectivity index (χ0) is 16.8. The predicted molar refractivity (Wildman–Crippen MR) is 94.7 cm³/mol. The second kappa shape index (κ2) is 8.11. The Hall–Kier alpha value is -2.14. The van der Waals surface area contributed by atoms with Gasteiger partial charge in [0.25, 0.3) is 5.91 Å². The van der Waals surface area contributed by atoms with Crippen molar-refractivity contribution in [3.8, 4) is 0 Å². The molecule has 3 rings (SSSR count). The van der Waals surface area contributed by atoms with Crippen LogP contribution in [0.5, 0.6) is 0 Å². The Balaban J connectivity index is 1.47. The van der Waals surface area contributed by atoms with Gasteiger partial charge in [-0.05, 0) is 55.5 Å². The molecule has 128 valence electrons. The van der Waals surface area contributed by atoms with Crippen molar-refractivity contribution in [1.82, 2.24) is 20.2 Å². The van der Waals surface area contributed by atoms with Crippen LogP contribution < -0.4 is 5.32 Å². The number of aromatic nitrogens is 2. The molecule has 1 amide bonds. The summed E-state index contributed by atoms with van der Waals surface area (Å²) >= 11 is 0. The highest BCUT2D eigenvalue weighted by molar-refractivity contribution is 5.92. The Morgan fingerprint density at radius 2 is 2.33 bits per heavy atom. The Labute approximate surface area is 143 Å². The van der Waals surface area contributed by atoms with Crippen LogP contribution in [-0.2, 0) is 13.0 Å². The maximum atomic E-state index is 12.0. The van der Waals surface area contributed by atoms with Gasteiger partial charge in [-0.2, -0.15) is 0 Å². The molecule has 5 nitrogen and oxygen atoms in total. The maximum Gasteiger partial charge on any atom is 0.267 e. The van der Waals surface area contributed by atoms with Crippen molar-refractivity contribution >= 4 is 5.91 Å². The summed E-state index contributed by atoms with van der Waals surface area (Å²) in [5, 5.41) is 3.04. The van der Waals surface area contributed by atoms with Gasteiger partial charge in [0.1, 0.15) is 5.69 Å². The van der Waals surface area contributed by atoms with Crippen molar-refractivity contribution in [2.45, 2.75) is 32.7 Å². The quantitative estimate of drug-likeness (QED) is 0.858. The SMILES string of the molecule is CCc1ccc(CN2CCC[C@H](CNC(=O)c3ccc[nH]3)C2)nc1. The number of nitrogens with zero attached hydrogens (tertiary/aromatic N) is 2. The first-order chi connectivity index (χ1) is 11.7. The van der Waals surface area contributed by atoms with Gasteiger partial charge in [-0.1, -0.05) is 13.0 Å². The number of aryl methyl sites for hydroxylation is 1. The third kappa shape index (κ3) is 4.45. The van der Waals surface area contributed by atoms with Crippen LogP contribution in [0.2, 0.25) is 0 Å². The van der Waals surface area contributed by atoms with Gasteiger partial charge >= 0.3 is 0 Å². The fourth-order valence-corrected chi connectivity index (χ4v) is 3.25. The summed E-state index contributed by atoms with van der Waals surface area (Å²) in [5.74, 6) is 0.488. The fraction of sp³-hybridized carbons (Fsp3) is 0.474. The van der Waals surface area contributed by atoms with Gasteiger partial charge in [-0.15, -0.1) is 0 Å². The lowest BCUT2D eigenvalue weighted by Gasteiger charge is -2.32. The van der Waals surface area contributed by atoms with E-state index in [2.05, 4.69) is 39.2 Å². The number of amides is 1. The molecule has 0 radical (unpaired) electrons. The molecule has 0 bridgehead atoms. The van der Waals surface area contributed by atoms with Crippen molar-refractivity contribution < 1.29 is 4.79 Å². The molecule has 1 fully saturated rings. The molecular formula is C19H26N4O. The van der Waals surface area contributed by atoms with E-state index in [-0.39, 0.29) is 5.91 Å². The average Bonchev–Trinajstić information content (AvgIpc) is 3.15. The number of carbonyl (C=O) groups excluding carboxylic acids is 1. The number of H-pyrrole nitrogens is 1. The first kappa shape index (κ1) is 16.7. The molecule has 1 aliphatic heterocycles. The molecule has 3 heterocycles. The molecule has 2 N–H and O–H groups in total. The van der Waals surface area contributed by atoms with Crippen molar-refractivity contribution in [2.75, 3.05) is 19.6 Å². The number of piperidine rings is 1. The molecule has 0 saturated carbocycles. The second-order valence-electron chi connectivity index (χ2n) is 6.55. The number of carbonyl (C=O) groups is 1. The Kier molecular flexibility index (Phi) is 5.64. The van der Waals surface area contributed by atoms with Crippen LogP contribution >= 0.6 is 0 Å². The van der Waals surface area contributed by atoms with Crippen LogP contribution in [0, 0.1) is 5.92 Å². The highest BCUT2D eigenvalue weighted by atomic mass is 16.1. The van der Waals surface area contributed by atoms with Crippen molar-refractivity contribution in [3.63, 3.8) is 0 Å². The number of hydrogen-bond donors (Lipinski definition) is 2. The van der Waals surface area contributed by atoms with E-state index in [9.17, 15) is 4.79 Å². The number of aromatic amines is 1. The molecule has 0 unspecified atom stereocenters. The zero-order valence-corrected chi connectivity index (χ0v) is 14.3. The van der Waals surface area contributed by atoms with E-state index < -0.39 is 0 Å². The minimum Gasteiger partial charge on any atom is -0.357 e. The normalized spacial score (nSPS) is 18.5. The van der Waals surface area contributed by atoms with E-state index in [0.29, 0.717) is 11.6 Å². The smallest absolute Gasteiger partial charge is 0.267 e. The van der Waals surface area contributed by atoms with Gasteiger partial charge < -0.3 is 10.3 Å². The van der Waals surface area contributed by atoms with Gasteiger partial charge in [-0.25, -0.2) is 0 Å². The Morgan fingerprint density at radius 3 is 3.04 bits per heavy atom. The fourth-order valence-electron chi connectivity index (χ4n) is 3.25. The minimum atomic E-state index is -0.0195. The molecule has 1 saturated heterocycles. The topological polar surface area (TPSA) is 61.0 Å². The van der Waals surface area contributed by atoms with Crippen LogP contribution in [0.25, 0.3) is 0 Å². The van der Waals surface area contributed by atoms with Gasteiger partial charge in [0, 0.05) is 32.0 Å². The summed E-state index contributed by atoms with van der Waals surface area (Å²) < 4.78 is 0. The lowest BCUT2D eigenvalue weighted by molar-refractivity contribution is 0.0926. The summed E-state index contributed by atoms with van der Waals surface area (Å²) in [7, 11) is 0.